The molecule has 0 saturated carbocycles. The summed E-state index contributed by atoms with van der Waals surface area (Å²) in [6.45, 7) is 6.31. The molecule has 0 fully saturated rings. The molecule has 0 radical (unpaired) electrons. The van der Waals surface area contributed by atoms with Gasteiger partial charge >= 0.3 is 12.1 Å². The molecule has 0 aliphatic carbocycles. The number of aliphatic carboxylic acids is 1. The smallest absolute Gasteiger partial charge is 0.488 e. The minimum Gasteiger partial charge on any atom is -0.488 e. The molecule has 4 N–H and O–H groups in total. The van der Waals surface area contributed by atoms with Gasteiger partial charge in [0.2, 0.25) is 0 Å². The summed E-state index contributed by atoms with van der Waals surface area (Å²) in [4.78, 5) is 17.2. The lowest BCUT2D eigenvalue weighted by atomic mass is 9.96. The summed E-state index contributed by atoms with van der Waals surface area (Å²) >= 11 is 0. The molecule has 37 heavy (non-hydrogen) atoms. The first-order chi connectivity index (χ1) is 17.3. The highest BCUT2D eigenvalue weighted by molar-refractivity contribution is 5.85. The van der Waals surface area contributed by atoms with Crippen molar-refractivity contribution in [1.82, 2.24) is 9.97 Å². The molecule has 192 valence electrons. The normalized spacial score (nSPS) is 10.8. The van der Waals surface area contributed by atoms with E-state index in [1.807, 2.05) is 57.2 Å². The second-order valence-electron chi connectivity index (χ2n) is 8.45. The number of pyridine rings is 2. The molecule has 1 aromatic carbocycles. The first-order valence-electron chi connectivity index (χ1n) is 10.6. The largest absolute Gasteiger partial charge is 0.490 e. The number of nitrogen functional groups attached to an aromatic ring is 1. The van der Waals surface area contributed by atoms with Gasteiger partial charge in [-0.2, -0.15) is 23.7 Å². The van der Waals surface area contributed by atoms with Gasteiger partial charge in [-0.3, -0.25) is 4.98 Å². The molecular weight excluding hydrogens is 489 g/mol. The second kappa shape index (κ2) is 11.7. The summed E-state index contributed by atoms with van der Waals surface area (Å²) in [6, 6.07) is 15.2. The van der Waals surface area contributed by atoms with Gasteiger partial charge in [-0.1, -0.05) is 18.2 Å². The van der Waals surface area contributed by atoms with Gasteiger partial charge in [0.15, 0.2) is 0 Å². The zero-order valence-electron chi connectivity index (χ0n) is 20.1. The topological polar surface area (TPSA) is 158 Å². The van der Waals surface area contributed by atoms with E-state index in [0.29, 0.717) is 29.2 Å². The first kappa shape index (κ1) is 28.4. The molecule has 12 heteroatoms. The number of nitrogens with zero attached hydrogens (tertiary/aromatic N) is 4. The molecular formula is C25H23F3N6O3. The number of halogens is 3. The van der Waals surface area contributed by atoms with Crippen LogP contribution in [0.5, 0.6) is 5.75 Å². The Bertz CT molecular complexity index is 1320. The van der Waals surface area contributed by atoms with E-state index in [-0.39, 0.29) is 22.5 Å². The molecule has 9 nitrogen and oxygen atoms in total. The van der Waals surface area contributed by atoms with Crippen LogP contribution in [0, 0.1) is 22.7 Å². The first-order valence-corrected chi connectivity index (χ1v) is 10.6. The molecule has 0 amide bonds. The van der Waals surface area contributed by atoms with E-state index in [4.69, 9.17) is 20.4 Å². The fourth-order valence-corrected chi connectivity index (χ4v) is 2.97. The number of alkyl halides is 3. The Labute approximate surface area is 211 Å². The summed E-state index contributed by atoms with van der Waals surface area (Å²) < 4.78 is 37.6. The summed E-state index contributed by atoms with van der Waals surface area (Å²) in [6.07, 6.45) is -1.67. The number of nitriles is 2. The highest BCUT2D eigenvalue weighted by atomic mass is 19.4. The third-order valence-electron chi connectivity index (χ3n) is 4.44. The zero-order valence-corrected chi connectivity index (χ0v) is 20.1. The highest BCUT2D eigenvalue weighted by Gasteiger charge is 2.38. The van der Waals surface area contributed by atoms with E-state index in [1.54, 1.807) is 12.4 Å². The van der Waals surface area contributed by atoms with Crippen molar-refractivity contribution in [2.45, 2.75) is 39.1 Å². The predicted molar refractivity (Wildman–Crippen MR) is 129 cm³/mol. The molecule has 3 aromatic rings. The van der Waals surface area contributed by atoms with E-state index in [2.05, 4.69) is 27.4 Å². The molecule has 3 rings (SSSR count). The molecule has 0 atom stereocenters. The maximum atomic E-state index is 10.6. The Morgan fingerprint density at radius 3 is 2.16 bits per heavy atom. The predicted octanol–water partition coefficient (Wildman–Crippen LogP) is 4.89. The van der Waals surface area contributed by atoms with Crippen LogP contribution in [-0.2, 0) is 11.3 Å². The Morgan fingerprint density at radius 1 is 1.11 bits per heavy atom. The van der Waals surface area contributed by atoms with Crippen molar-refractivity contribution in [2.24, 2.45) is 0 Å². The lowest BCUT2D eigenvalue weighted by Crippen LogP contribution is -2.22. The van der Waals surface area contributed by atoms with Crippen LogP contribution < -0.4 is 15.8 Å². The number of nitrogens with two attached hydrogens (primary N) is 1. The van der Waals surface area contributed by atoms with Crippen LogP contribution in [0.3, 0.4) is 0 Å². The number of nitrogens with one attached hydrogen (secondary N) is 1. The molecule has 0 saturated heterocycles. The zero-order chi connectivity index (χ0) is 27.8. The average molecular weight is 512 g/mol. The second-order valence-corrected chi connectivity index (χ2v) is 8.45. The van der Waals surface area contributed by atoms with Crippen molar-refractivity contribution < 1.29 is 27.8 Å². The SMILES string of the molecule is CC(C)(C)Oc1ccc(-c2c(C#N)c(N)nc(NCc3cccnc3)c2C#N)cc1.O=C(O)C(F)(F)F. The van der Waals surface area contributed by atoms with E-state index >= 15 is 0 Å². The van der Waals surface area contributed by atoms with Crippen LogP contribution in [0.2, 0.25) is 0 Å². The van der Waals surface area contributed by atoms with Crippen LogP contribution in [0.25, 0.3) is 11.1 Å². The summed E-state index contributed by atoms with van der Waals surface area (Å²) in [5, 5.41) is 29.8. The number of carbonyl (C=O) groups is 1. The fourth-order valence-electron chi connectivity index (χ4n) is 2.97. The molecule has 2 aromatic heterocycles. The van der Waals surface area contributed by atoms with Crippen molar-refractivity contribution in [3.8, 4) is 29.0 Å². The van der Waals surface area contributed by atoms with Gasteiger partial charge in [0.1, 0.15) is 46.3 Å². The van der Waals surface area contributed by atoms with Crippen molar-refractivity contribution in [2.75, 3.05) is 11.1 Å². The van der Waals surface area contributed by atoms with Gasteiger partial charge in [-0.15, -0.1) is 0 Å². The lowest BCUT2D eigenvalue weighted by Gasteiger charge is -2.21. The third-order valence-corrected chi connectivity index (χ3v) is 4.44. The van der Waals surface area contributed by atoms with Gasteiger partial charge in [-0.25, -0.2) is 9.78 Å². The van der Waals surface area contributed by atoms with Crippen LogP contribution in [0.15, 0.2) is 48.8 Å². The Hall–Kier alpha value is -4.84. The van der Waals surface area contributed by atoms with E-state index in [9.17, 15) is 23.7 Å². The van der Waals surface area contributed by atoms with Gasteiger partial charge in [0.05, 0.1) is 0 Å². The monoisotopic (exact) mass is 512 g/mol. The van der Waals surface area contributed by atoms with Gasteiger partial charge in [0.25, 0.3) is 0 Å². The van der Waals surface area contributed by atoms with E-state index in [1.165, 1.54) is 0 Å². The molecule has 0 unspecified atom stereocenters. The number of benzene rings is 1. The third kappa shape index (κ3) is 8.11. The van der Waals surface area contributed by atoms with Crippen molar-refractivity contribution in [3.05, 3.63) is 65.5 Å². The molecule has 0 bridgehead atoms. The number of anilines is 2. The number of carboxylic acids is 1. The maximum absolute atomic E-state index is 10.6. The van der Waals surface area contributed by atoms with Crippen molar-refractivity contribution in [1.29, 1.82) is 10.5 Å². The van der Waals surface area contributed by atoms with Crippen LogP contribution >= 0.6 is 0 Å². The Balaban J connectivity index is 0.000000604. The van der Waals surface area contributed by atoms with Crippen molar-refractivity contribution in [3.63, 3.8) is 0 Å². The summed E-state index contributed by atoms with van der Waals surface area (Å²) in [5.41, 5.74) is 8.21. The summed E-state index contributed by atoms with van der Waals surface area (Å²) in [7, 11) is 0. The van der Waals surface area contributed by atoms with Crippen LogP contribution in [0.1, 0.15) is 37.5 Å². The van der Waals surface area contributed by atoms with E-state index in [0.717, 1.165) is 5.56 Å². The number of aromatic nitrogens is 2. The van der Waals surface area contributed by atoms with Crippen LogP contribution in [0.4, 0.5) is 24.8 Å². The minimum absolute atomic E-state index is 0.0650. The highest BCUT2D eigenvalue weighted by Crippen LogP contribution is 2.35. The molecule has 0 aliphatic rings. The Morgan fingerprint density at radius 2 is 1.70 bits per heavy atom. The molecule has 0 aliphatic heterocycles. The number of hydrogen-bond acceptors (Lipinski definition) is 8. The number of hydrogen-bond donors (Lipinski definition) is 3. The standard InChI is InChI=1S/C23H22N6O.C2HF3O2/c1-23(2,3)30-17-8-6-16(7-9-17)20-18(11-24)21(26)29-22(19(20)12-25)28-14-15-5-4-10-27-13-15;3-2(4,5)1(6)7/h4-10,13H,14H2,1-3H3,(H3,26,28,29);(H,6,7). The van der Waals surface area contributed by atoms with Gasteiger partial charge < -0.3 is 20.9 Å². The van der Waals surface area contributed by atoms with E-state index < -0.39 is 12.1 Å². The summed E-state index contributed by atoms with van der Waals surface area (Å²) in [5.74, 6) is -1.68. The van der Waals surface area contributed by atoms with Gasteiger partial charge in [0, 0.05) is 24.5 Å². The number of carboxylic acid groups (broad SMARTS) is 1. The minimum atomic E-state index is -5.08. The van der Waals surface area contributed by atoms with Crippen molar-refractivity contribution >= 4 is 17.6 Å². The average Bonchev–Trinajstić information content (AvgIpc) is 2.82. The van der Waals surface area contributed by atoms with Gasteiger partial charge in [-0.05, 0) is 50.1 Å². The maximum Gasteiger partial charge on any atom is 0.490 e. The quantitative estimate of drug-likeness (QED) is 0.433. The lowest BCUT2D eigenvalue weighted by molar-refractivity contribution is -0.192. The fraction of sp³-hybridized carbons (Fsp3) is 0.240. The molecule has 0 spiro atoms. The number of rotatable bonds is 5. The number of ether oxygens (including phenoxy) is 1. The van der Waals surface area contributed by atoms with Crippen LogP contribution in [-0.4, -0.2) is 32.8 Å². The Kier molecular flexibility index (Phi) is 9.00. The molecule has 2 heterocycles.